The summed E-state index contributed by atoms with van der Waals surface area (Å²) in [5.74, 6) is 0.0628. The number of rotatable bonds is 2. The molecule has 0 radical (unpaired) electrons. The van der Waals surface area contributed by atoms with Crippen molar-refractivity contribution in [3.63, 3.8) is 0 Å². The zero-order valence-corrected chi connectivity index (χ0v) is 12.1. The molecule has 3 rings (SSSR count). The highest BCUT2D eigenvalue weighted by Crippen LogP contribution is 2.28. The van der Waals surface area contributed by atoms with Crippen LogP contribution in [0.15, 0.2) is 18.2 Å². The van der Waals surface area contributed by atoms with Gasteiger partial charge < -0.3 is 9.80 Å². The second-order valence-corrected chi connectivity index (χ2v) is 5.84. The molecule has 1 aliphatic carbocycles. The van der Waals surface area contributed by atoms with E-state index in [1.165, 1.54) is 5.56 Å². The van der Waals surface area contributed by atoms with Crippen LogP contribution in [0.5, 0.6) is 0 Å². The van der Waals surface area contributed by atoms with E-state index in [1.807, 2.05) is 36.9 Å². The van der Waals surface area contributed by atoms with Gasteiger partial charge in [0.1, 0.15) is 6.54 Å². The molecule has 0 atom stereocenters. The second-order valence-electron chi connectivity index (χ2n) is 5.84. The van der Waals surface area contributed by atoms with E-state index in [9.17, 15) is 9.59 Å². The van der Waals surface area contributed by atoms with Gasteiger partial charge in [0.05, 0.1) is 0 Å². The van der Waals surface area contributed by atoms with Gasteiger partial charge in [0.25, 0.3) is 5.91 Å². The topological polar surface area (TPSA) is 40.6 Å². The average Bonchev–Trinajstić information content (AvgIpc) is 3.25. The summed E-state index contributed by atoms with van der Waals surface area (Å²) in [5, 5.41) is 0. The number of piperazine rings is 1. The predicted octanol–water partition coefficient (Wildman–Crippen LogP) is 1.75. The van der Waals surface area contributed by atoms with Gasteiger partial charge in [0, 0.05) is 24.7 Å². The number of amides is 2. The lowest BCUT2D eigenvalue weighted by Crippen LogP contribution is -2.52. The predicted molar refractivity (Wildman–Crippen MR) is 76.6 cm³/mol. The van der Waals surface area contributed by atoms with E-state index < -0.39 is 0 Å². The number of benzene rings is 1. The van der Waals surface area contributed by atoms with Gasteiger partial charge >= 0.3 is 0 Å². The molecule has 2 aliphatic rings. The Hall–Kier alpha value is -1.84. The second kappa shape index (κ2) is 4.93. The van der Waals surface area contributed by atoms with E-state index in [-0.39, 0.29) is 18.4 Å². The van der Waals surface area contributed by atoms with Crippen LogP contribution in [0.25, 0.3) is 0 Å². The molecule has 1 heterocycles. The highest BCUT2D eigenvalue weighted by molar-refractivity contribution is 5.97. The Morgan fingerprint density at radius 2 is 1.90 bits per heavy atom. The van der Waals surface area contributed by atoms with E-state index in [0.29, 0.717) is 24.7 Å². The van der Waals surface area contributed by atoms with Crippen molar-refractivity contribution < 1.29 is 9.59 Å². The van der Waals surface area contributed by atoms with E-state index >= 15 is 0 Å². The standard InChI is InChI=1S/C16H20N2O2/c1-11-3-4-13(9-12(11)2)16(20)17-7-8-18(14-5-6-14)15(19)10-17/h3-4,9,14H,5-8,10H2,1-2H3. The van der Waals surface area contributed by atoms with Gasteiger partial charge in [0.2, 0.25) is 5.91 Å². The van der Waals surface area contributed by atoms with Crippen molar-refractivity contribution in [2.75, 3.05) is 19.6 Å². The largest absolute Gasteiger partial charge is 0.336 e. The van der Waals surface area contributed by atoms with Crippen LogP contribution in [-0.2, 0) is 4.79 Å². The van der Waals surface area contributed by atoms with Gasteiger partial charge in [-0.25, -0.2) is 0 Å². The van der Waals surface area contributed by atoms with Crippen LogP contribution < -0.4 is 0 Å². The summed E-state index contributed by atoms with van der Waals surface area (Å²) in [6.45, 7) is 5.58. The fraction of sp³-hybridized carbons (Fsp3) is 0.500. The quantitative estimate of drug-likeness (QED) is 0.823. The summed E-state index contributed by atoms with van der Waals surface area (Å²) in [5.41, 5.74) is 2.97. The molecule has 4 heteroatoms. The van der Waals surface area contributed by atoms with Crippen LogP contribution in [0.4, 0.5) is 0 Å². The summed E-state index contributed by atoms with van der Waals surface area (Å²) in [7, 11) is 0. The molecule has 106 valence electrons. The fourth-order valence-corrected chi connectivity index (χ4v) is 2.69. The van der Waals surface area contributed by atoms with Crippen molar-refractivity contribution in [2.24, 2.45) is 0 Å². The Balaban J connectivity index is 1.71. The third-order valence-corrected chi connectivity index (χ3v) is 4.29. The van der Waals surface area contributed by atoms with Crippen LogP contribution in [0.3, 0.4) is 0 Å². The smallest absolute Gasteiger partial charge is 0.254 e. The molecule has 0 aromatic heterocycles. The van der Waals surface area contributed by atoms with Crippen molar-refractivity contribution >= 4 is 11.8 Å². The Bertz CT molecular complexity index is 564. The van der Waals surface area contributed by atoms with Gasteiger partial charge in [-0.2, -0.15) is 0 Å². The van der Waals surface area contributed by atoms with Crippen molar-refractivity contribution in [1.82, 2.24) is 9.80 Å². The maximum absolute atomic E-state index is 12.5. The van der Waals surface area contributed by atoms with Crippen LogP contribution in [0.2, 0.25) is 0 Å². The monoisotopic (exact) mass is 272 g/mol. The van der Waals surface area contributed by atoms with E-state index in [1.54, 1.807) is 4.90 Å². The number of carbonyl (C=O) groups is 2. The van der Waals surface area contributed by atoms with Crippen molar-refractivity contribution in [3.05, 3.63) is 34.9 Å². The Morgan fingerprint density at radius 1 is 1.15 bits per heavy atom. The van der Waals surface area contributed by atoms with Crippen LogP contribution >= 0.6 is 0 Å². The molecule has 1 saturated heterocycles. The van der Waals surface area contributed by atoms with E-state index in [4.69, 9.17) is 0 Å². The molecular formula is C16H20N2O2. The molecule has 2 fully saturated rings. The first-order chi connectivity index (χ1) is 9.56. The van der Waals surface area contributed by atoms with E-state index in [0.717, 1.165) is 18.4 Å². The van der Waals surface area contributed by atoms with Crippen molar-refractivity contribution in [3.8, 4) is 0 Å². The zero-order valence-electron chi connectivity index (χ0n) is 12.1. The van der Waals surface area contributed by atoms with Gasteiger partial charge in [-0.15, -0.1) is 0 Å². The molecule has 1 aromatic carbocycles. The molecule has 20 heavy (non-hydrogen) atoms. The summed E-state index contributed by atoms with van der Waals surface area (Å²) < 4.78 is 0. The number of nitrogens with zero attached hydrogens (tertiary/aromatic N) is 2. The maximum atomic E-state index is 12.5. The summed E-state index contributed by atoms with van der Waals surface area (Å²) in [6, 6.07) is 6.17. The lowest BCUT2D eigenvalue weighted by atomic mass is 10.1. The molecule has 1 aliphatic heterocycles. The first kappa shape index (κ1) is 13.2. The Labute approximate surface area is 119 Å². The highest BCUT2D eigenvalue weighted by atomic mass is 16.2. The molecule has 0 spiro atoms. The zero-order chi connectivity index (χ0) is 14.3. The van der Waals surface area contributed by atoms with Crippen molar-refractivity contribution in [1.29, 1.82) is 0 Å². The highest BCUT2D eigenvalue weighted by Gasteiger charge is 2.36. The minimum atomic E-state index is -0.0307. The van der Waals surface area contributed by atoms with Crippen molar-refractivity contribution in [2.45, 2.75) is 32.7 Å². The molecule has 0 N–H and O–H groups in total. The third kappa shape index (κ3) is 2.42. The van der Waals surface area contributed by atoms with Gasteiger partial charge in [-0.3, -0.25) is 9.59 Å². The molecule has 0 unspecified atom stereocenters. The summed E-state index contributed by atoms with van der Waals surface area (Å²) in [6.07, 6.45) is 2.24. The maximum Gasteiger partial charge on any atom is 0.254 e. The fourth-order valence-electron chi connectivity index (χ4n) is 2.69. The van der Waals surface area contributed by atoms with Gasteiger partial charge in [-0.05, 0) is 49.9 Å². The molecule has 1 aromatic rings. The Kier molecular flexibility index (Phi) is 3.24. The van der Waals surface area contributed by atoms with Gasteiger partial charge in [0.15, 0.2) is 0 Å². The molecular weight excluding hydrogens is 252 g/mol. The number of carbonyl (C=O) groups excluding carboxylic acids is 2. The lowest BCUT2D eigenvalue weighted by Gasteiger charge is -2.34. The molecule has 2 amide bonds. The molecule has 1 saturated carbocycles. The van der Waals surface area contributed by atoms with Crippen LogP contribution in [-0.4, -0.2) is 47.3 Å². The van der Waals surface area contributed by atoms with Crippen LogP contribution in [0.1, 0.15) is 34.3 Å². The SMILES string of the molecule is Cc1ccc(C(=O)N2CCN(C3CC3)C(=O)C2)cc1C. The van der Waals surface area contributed by atoms with Gasteiger partial charge in [-0.1, -0.05) is 6.07 Å². The minimum Gasteiger partial charge on any atom is -0.336 e. The normalized spacial score (nSPS) is 19.4. The lowest BCUT2D eigenvalue weighted by molar-refractivity contribution is -0.135. The number of aryl methyl sites for hydroxylation is 2. The number of hydrogen-bond donors (Lipinski definition) is 0. The first-order valence-electron chi connectivity index (χ1n) is 7.22. The average molecular weight is 272 g/mol. The molecule has 0 bridgehead atoms. The summed E-state index contributed by atoms with van der Waals surface area (Å²) >= 11 is 0. The third-order valence-electron chi connectivity index (χ3n) is 4.29. The van der Waals surface area contributed by atoms with E-state index in [2.05, 4.69) is 0 Å². The summed E-state index contributed by atoms with van der Waals surface area (Å²) in [4.78, 5) is 28.1. The molecule has 4 nitrogen and oxygen atoms in total. The minimum absolute atomic E-state index is 0.0307. The van der Waals surface area contributed by atoms with Crippen LogP contribution in [0, 0.1) is 13.8 Å². The number of hydrogen-bond acceptors (Lipinski definition) is 2. The first-order valence-corrected chi connectivity index (χ1v) is 7.22. The Morgan fingerprint density at radius 3 is 2.50 bits per heavy atom.